The molecule has 1 unspecified atom stereocenters. The van der Waals surface area contributed by atoms with Gasteiger partial charge in [-0.1, -0.05) is 31.5 Å². The molecule has 0 aliphatic rings. The summed E-state index contributed by atoms with van der Waals surface area (Å²) < 4.78 is 13.5. The highest BCUT2D eigenvalue weighted by Crippen LogP contribution is 2.25. The Labute approximate surface area is 95.6 Å². The number of hydrogen-bond acceptors (Lipinski definition) is 1. The third-order valence-electron chi connectivity index (χ3n) is 2.27. The number of nitrogens with one attached hydrogen (secondary N) is 1. The molecule has 0 radical (unpaired) electrons. The Hall–Kier alpha value is -0.600. The first-order valence-corrected chi connectivity index (χ1v) is 5.57. The Bertz CT molecular complexity index is 305. The molecule has 0 amide bonds. The highest BCUT2D eigenvalue weighted by molar-refractivity contribution is 6.31. The first-order chi connectivity index (χ1) is 7.02. The van der Waals surface area contributed by atoms with E-state index in [9.17, 15) is 4.39 Å². The second kappa shape index (κ2) is 5.47. The molecule has 1 aromatic carbocycles. The van der Waals surface area contributed by atoms with Crippen molar-refractivity contribution in [2.45, 2.75) is 26.8 Å². The first-order valence-electron chi connectivity index (χ1n) is 5.19. The number of rotatable bonds is 4. The highest BCUT2D eigenvalue weighted by atomic mass is 35.5. The SMILES string of the molecule is CC(C)CNC(C)c1c(F)cccc1Cl. The van der Waals surface area contributed by atoms with E-state index in [4.69, 9.17) is 11.6 Å². The van der Waals surface area contributed by atoms with Crippen LogP contribution in [0, 0.1) is 11.7 Å². The van der Waals surface area contributed by atoms with Crippen LogP contribution >= 0.6 is 11.6 Å². The normalized spacial score (nSPS) is 13.2. The maximum Gasteiger partial charge on any atom is 0.129 e. The van der Waals surface area contributed by atoms with Gasteiger partial charge in [0, 0.05) is 16.6 Å². The molecule has 1 nitrogen and oxygen atoms in total. The molecule has 0 spiro atoms. The van der Waals surface area contributed by atoms with E-state index in [1.54, 1.807) is 12.1 Å². The van der Waals surface area contributed by atoms with Gasteiger partial charge in [-0.05, 0) is 31.5 Å². The molecule has 0 saturated carbocycles. The molecule has 0 heterocycles. The maximum absolute atomic E-state index is 13.5. The Morgan fingerprint density at radius 1 is 1.33 bits per heavy atom. The van der Waals surface area contributed by atoms with Crippen LogP contribution in [0.15, 0.2) is 18.2 Å². The fourth-order valence-electron chi connectivity index (χ4n) is 1.44. The van der Waals surface area contributed by atoms with E-state index in [2.05, 4.69) is 19.2 Å². The summed E-state index contributed by atoms with van der Waals surface area (Å²) in [6.07, 6.45) is 0. The summed E-state index contributed by atoms with van der Waals surface area (Å²) in [6, 6.07) is 4.72. The summed E-state index contributed by atoms with van der Waals surface area (Å²) in [5, 5.41) is 3.74. The smallest absolute Gasteiger partial charge is 0.129 e. The largest absolute Gasteiger partial charge is 0.310 e. The fraction of sp³-hybridized carbons (Fsp3) is 0.500. The summed E-state index contributed by atoms with van der Waals surface area (Å²) in [5.41, 5.74) is 0.555. The third kappa shape index (κ3) is 3.47. The Kier molecular flexibility index (Phi) is 4.55. The quantitative estimate of drug-likeness (QED) is 0.829. The predicted octanol–water partition coefficient (Wildman–Crippen LogP) is 3.79. The van der Waals surface area contributed by atoms with Crippen LogP contribution in [0.3, 0.4) is 0 Å². The average molecular weight is 230 g/mol. The summed E-state index contributed by atoms with van der Waals surface area (Å²) >= 11 is 5.96. The second-order valence-corrected chi connectivity index (χ2v) is 4.57. The standard InChI is InChI=1S/C12H17ClFN/c1-8(2)7-15-9(3)12-10(13)5-4-6-11(12)14/h4-6,8-9,15H,7H2,1-3H3. The van der Waals surface area contributed by atoms with E-state index in [1.165, 1.54) is 6.07 Å². The minimum absolute atomic E-state index is 0.0545. The van der Waals surface area contributed by atoms with E-state index in [-0.39, 0.29) is 11.9 Å². The molecule has 84 valence electrons. The van der Waals surface area contributed by atoms with Crippen molar-refractivity contribution in [2.24, 2.45) is 5.92 Å². The lowest BCUT2D eigenvalue weighted by atomic mass is 10.1. The molecule has 0 aromatic heterocycles. The van der Waals surface area contributed by atoms with Gasteiger partial charge in [0.05, 0.1) is 0 Å². The zero-order chi connectivity index (χ0) is 11.4. The summed E-state index contributed by atoms with van der Waals surface area (Å²) in [4.78, 5) is 0. The lowest BCUT2D eigenvalue weighted by Gasteiger charge is -2.17. The van der Waals surface area contributed by atoms with Crippen LogP contribution in [0.25, 0.3) is 0 Å². The summed E-state index contributed by atoms with van der Waals surface area (Å²) in [6.45, 7) is 7.00. The van der Waals surface area contributed by atoms with Gasteiger partial charge in [-0.25, -0.2) is 4.39 Å². The number of benzene rings is 1. The van der Waals surface area contributed by atoms with Crippen molar-refractivity contribution in [3.8, 4) is 0 Å². The zero-order valence-corrected chi connectivity index (χ0v) is 10.1. The van der Waals surface area contributed by atoms with Gasteiger partial charge in [-0.15, -0.1) is 0 Å². The number of hydrogen-bond donors (Lipinski definition) is 1. The predicted molar refractivity (Wildman–Crippen MR) is 62.7 cm³/mol. The summed E-state index contributed by atoms with van der Waals surface area (Å²) in [7, 11) is 0. The maximum atomic E-state index is 13.5. The number of halogens is 2. The van der Waals surface area contributed by atoms with Crippen molar-refractivity contribution < 1.29 is 4.39 Å². The van der Waals surface area contributed by atoms with E-state index in [0.717, 1.165) is 6.54 Å². The molecule has 0 bridgehead atoms. The zero-order valence-electron chi connectivity index (χ0n) is 9.35. The fourth-order valence-corrected chi connectivity index (χ4v) is 1.77. The van der Waals surface area contributed by atoms with Gasteiger partial charge in [-0.3, -0.25) is 0 Å². The topological polar surface area (TPSA) is 12.0 Å². The van der Waals surface area contributed by atoms with E-state index < -0.39 is 0 Å². The van der Waals surface area contributed by atoms with Gasteiger partial charge < -0.3 is 5.32 Å². The third-order valence-corrected chi connectivity index (χ3v) is 2.59. The van der Waals surface area contributed by atoms with Crippen LogP contribution in [0.5, 0.6) is 0 Å². The van der Waals surface area contributed by atoms with Crippen molar-refractivity contribution in [2.75, 3.05) is 6.54 Å². The average Bonchev–Trinajstić information content (AvgIpc) is 2.14. The van der Waals surface area contributed by atoms with Gasteiger partial charge in [-0.2, -0.15) is 0 Å². The Morgan fingerprint density at radius 3 is 2.53 bits per heavy atom. The molecule has 0 aliphatic carbocycles. The lowest BCUT2D eigenvalue weighted by Crippen LogP contribution is -2.24. The lowest BCUT2D eigenvalue weighted by molar-refractivity contribution is 0.479. The van der Waals surface area contributed by atoms with Crippen LogP contribution in [0.2, 0.25) is 5.02 Å². The molecule has 15 heavy (non-hydrogen) atoms. The van der Waals surface area contributed by atoms with Gasteiger partial charge >= 0.3 is 0 Å². The van der Waals surface area contributed by atoms with E-state index in [0.29, 0.717) is 16.5 Å². The molecular weight excluding hydrogens is 213 g/mol. The monoisotopic (exact) mass is 229 g/mol. The molecule has 1 atom stereocenters. The van der Waals surface area contributed by atoms with Gasteiger partial charge in [0.1, 0.15) is 5.82 Å². The van der Waals surface area contributed by atoms with Crippen molar-refractivity contribution in [1.82, 2.24) is 5.32 Å². The van der Waals surface area contributed by atoms with Crippen molar-refractivity contribution >= 4 is 11.6 Å². The van der Waals surface area contributed by atoms with Crippen LogP contribution in [-0.4, -0.2) is 6.54 Å². The van der Waals surface area contributed by atoms with Gasteiger partial charge in [0.15, 0.2) is 0 Å². The molecule has 0 aliphatic heterocycles. The van der Waals surface area contributed by atoms with E-state index >= 15 is 0 Å². The molecule has 3 heteroatoms. The Morgan fingerprint density at radius 2 is 2.00 bits per heavy atom. The Balaban J connectivity index is 2.77. The van der Waals surface area contributed by atoms with Crippen molar-refractivity contribution in [1.29, 1.82) is 0 Å². The van der Waals surface area contributed by atoms with Crippen LogP contribution in [0.4, 0.5) is 4.39 Å². The highest BCUT2D eigenvalue weighted by Gasteiger charge is 2.14. The second-order valence-electron chi connectivity index (χ2n) is 4.16. The van der Waals surface area contributed by atoms with E-state index in [1.807, 2.05) is 6.92 Å². The van der Waals surface area contributed by atoms with Crippen LogP contribution in [0.1, 0.15) is 32.4 Å². The molecule has 1 N–H and O–H groups in total. The van der Waals surface area contributed by atoms with Crippen LogP contribution in [-0.2, 0) is 0 Å². The minimum atomic E-state index is -0.244. The molecule has 1 rings (SSSR count). The van der Waals surface area contributed by atoms with Crippen LogP contribution < -0.4 is 5.32 Å². The first kappa shape index (κ1) is 12.5. The molecule has 0 saturated heterocycles. The summed E-state index contributed by atoms with van der Waals surface area (Å²) in [5.74, 6) is 0.296. The van der Waals surface area contributed by atoms with Crippen molar-refractivity contribution in [3.63, 3.8) is 0 Å². The van der Waals surface area contributed by atoms with Gasteiger partial charge in [0.2, 0.25) is 0 Å². The molecule has 0 fully saturated rings. The minimum Gasteiger partial charge on any atom is -0.310 e. The molecular formula is C12H17ClFN. The van der Waals surface area contributed by atoms with Gasteiger partial charge in [0.25, 0.3) is 0 Å². The van der Waals surface area contributed by atoms with Crippen molar-refractivity contribution in [3.05, 3.63) is 34.6 Å². The molecule has 1 aromatic rings.